The third-order valence-corrected chi connectivity index (χ3v) is 5.19. The highest BCUT2D eigenvalue weighted by molar-refractivity contribution is 7.99. The second kappa shape index (κ2) is 5.55. The Balaban J connectivity index is 2.15. The van der Waals surface area contributed by atoms with Crippen LogP contribution in [-0.2, 0) is 4.79 Å². The van der Waals surface area contributed by atoms with Crippen molar-refractivity contribution in [2.75, 3.05) is 18.8 Å². The Morgan fingerprint density at radius 1 is 1.47 bits per heavy atom. The number of benzene rings is 1. The van der Waals surface area contributed by atoms with E-state index in [1.54, 1.807) is 13.8 Å². The van der Waals surface area contributed by atoms with E-state index in [0.717, 1.165) is 18.8 Å². The molecule has 1 aromatic carbocycles. The fourth-order valence-electron chi connectivity index (χ4n) is 2.53. The molecule has 1 atom stereocenters. The average molecular weight is 279 g/mol. The first-order valence-corrected chi connectivity index (χ1v) is 7.65. The molecule has 2 rings (SSSR count). The van der Waals surface area contributed by atoms with E-state index in [-0.39, 0.29) is 0 Å². The molecule has 0 fully saturated rings. The highest BCUT2D eigenvalue weighted by atomic mass is 32.2. The number of fused-ring (bicyclic) bond motifs is 1. The Hall–Kier alpha value is -1.00. The lowest BCUT2D eigenvalue weighted by Gasteiger charge is -2.36. The lowest BCUT2D eigenvalue weighted by molar-refractivity contribution is -0.149. The van der Waals surface area contributed by atoms with Crippen LogP contribution in [0.15, 0.2) is 29.2 Å². The predicted molar refractivity (Wildman–Crippen MR) is 78.9 cm³/mol. The molecular weight excluding hydrogens is 258 g/mol. The smallest absolute Gasteiger partial charge is 0.323 e. The van der Waals surface area contributed by atoms with Gasteiger partial charge >= 0.3 is 5.97 Å². The van der Waals surface area contributed by atoms with Crippen LogP contribution in [-0.4, -0.2) is 40.4 Å². The number of hydrogen-bond acceptors (Lipinski definition) is 3. The molecule has 4 heteroatoms. The number of thioether (sulfide) groups is 1. The highest BCUT2D eigenvalue weighted by Gasteiger charge is 2.36. The van der Waals surface area contributed by atoms with E-state index < -0.39 is 11.5 Å². The maximum atomic E-state index is 11.4. The summed E-state index contributed by atoms with van der Waals surface area (Å²) in [6.45, 7) is 7.15. The quantitative estimate of drug-likeness (QED) is 0.899. The van der Waals surface area contributed by atoms with Gasteiger partial charge in [0.15, 0.2) is 0 Å². The van der Waals surface area contributed by atoms with Crippen LogP contribution in [0.2, 0.25) is 0 Å². The second-order valence-electron chi connectivity index (χ2n) is 5.45. The number of carbonyl (C=O) groups is 1. The SMILES string of the molecule is CCN(CC1CSc2ccccc21)C(C)(C)C(=O)O. The average Bonchev–Trinajstić information content (AvgIpc) is 2.78. The Kier molecular flexibility index (Phi) is 4.21. The number of aliphatic carboxylic acids is 1. The fourth-order valence-corrected chi connectivity index (χ4v) is 3.78. The van der Waals surface area contributed by atoms with Gasteiger partial charge in [-0.3, -0.25) is 9.69 Å². The molecule has 104 valence electrons. The van der Waals surface area contributed by atoms with Gasteiger partial charge in [0.25, 0.3) is 0 Å². The van der Waals surface area contributed by atoms with E-state index in [2.05, 4.69) is 29.2 Å². The molecule has 1 unspecified atom stereocenters. The summed E-state index contributed by atoms with van der Waals surface area (Å²) in [7, 11) is 0. The Morgan fingerprint density at radius 2 is 2.16 bits per heavy atom. The largest absolute Gasteiger partial charge is 0.480 e. The maximum absolute atomic E-state index is 11.4. The van der Waals surface area contributed by atoms with Crippen LogP contribution in [0.3, 0.4) is 0 Å². The van der Waals surface area contributed by atoms with Gasteiger partial charge in [-0.05, 0) is 32.0 Å². The van der Waals surface area contributed by atoms with Gasteiger partial charge in [-0.25, -0.2) is 0 Å². The molecule has 1 heterocycles. The molecule has 0 saturated carbocycles. The van der Waals surface area contributed by atoms with E-state index in [1.165, 1.54) is 10.5 Å². The van der Waals surface area contributed by atoms with Gasteiger partial charge in [-0.1, -0.05) is 25.1 Å². The molecule has 0 aliphatic carbocycles. The van der Waals surface area contributed by atoms with E-state index in [0.29, 0.717) is 5.92 Å². The summed E-state index contributed by atoms with van der Waals surface area (Å²) in [6.07, 6.45) is 0. The van der Waals surface area contributed by atoms with Gasteiger partial charge < -0.3 is 5.11 Å². The third-order valence-electron chi connectivity index (χ3n) is 3.94. The molecule has 3 nitrogen and oxygen atoms in total. The van der Waals surface area contributed by atoms with Crippen molar-refractivity contribution in [2.45, 2.75) is 37.1 Å². The van der Waals surface area contributed by atoms with Gasteiger partial charge in [0, 0.05) is 23.1 Å². The second-order valence-corrected chi connectivity index (χ2v) is 6.51. The van der Waals surface area contributed by atoms with E-state index in [4.69, 9.17) is 0 Å². The molecule has 1 aliphatic rings. The summed E-state index contributed by atoms with van der Waals surface area (Å²) < 4.78 is 0. The molecule has 19 heavy (non-hydrogen) atoms. The van der Waals surface area contributed by atoms with Crippen molar-refractivity contribution in [1.29, 1.82) is 0 Å². The summed E-state index contributed by atoms with van der Waals surface area (Å²) in [5.41, 5.74) is 0.559. The third kappa shape index (κ3) is 2.79. The summed E-state index contributed by atoms with van der Waals surface area (Å²) >= 11 is 1.87. The Morgan fingerprint density at radius 3 is 2.79 bits per heavy atom. The number of hydrogen-bond donors (Lipinski definition) is 1. The highest BCUT2D eigenvalue weighted by Crippen LogP contribution is 2.40. The van der Waals surface area contributed by atoms with Crippen molar-refractivity contribution in [1.82, 2.24) is 4.90 Å². The van der Waals surface area contributed by atoms with Gasteiger partial charge in [-0.2, -0.15) is 0 Å². The van der Waals surface area contributed by atoms with Crippen LogP contribution < -0.4 is 0 Å². The zero-order valence-electron chi connectivity index (χ0n) is 11.7. The first kappa shape index (κ1) is 14.4. The lowest BCUT2D eigenvalue weighted by atomic mass is 9.96. The minimum atomic E-state index is -0.809. The fraction of sp³-hybridized carbons (Fsp3) is 0.533. The van der Waals surface area contributed by atoms with Crippen LogP contribution in [0.1, 0.15) is 32.3 Å². The molecule has 1 N–H and O–H groups in total. The number of carboxylic acids is 1. The van der Waals surface area contributed by atoms with E-state index in [1.807, 2.05) is 18.7 Å². The molecule has 0 saturated heterocycles. The van der Waals surface area contributed by atoms with Crippen molar-refractivity contribution < 1.29 is 9.90 Å². The summed E-state index contributed by atoms with van der Waals surface area (Å²) in [5.74, 6) is 0.721. The molecule has 0 aromatic heterocycles. The van der Waals surface area contributed by atoms with Gasteiger partial charge in [-0.15, -0.1) is 11.8 Å². The van der Waals surface area contributed by atoms with Gasteiger partial charge in [0.2, 0.25) is 0 Å². The van der Waals surface area contributed by atoms with E-state index >= 15 is 0 Å². The van der Waals surface area contributed by atoms with Crippen molar-refractivity contribution in [2.24, 2.45) is 0 Å². The zero-order chi connectivity index (χ0) is 14.0. The molecule has 0 bridgehead atoms. The standard InChI is InChI=1S/C15H21NO2S/c1-4-16(15(2,3)14(17)18)9-11-10-19-13-8-6-5-7-12(11)13/h5-8,11H,4,9-10H2,1-3H3,(H,17,18). The minimum Gasteiger partial charge on any atom is -0.480 e. The molecule has 1 aromatic rings. The molecular formula is C15H21NO2S. The first-order valence-electron chi connectivity index (χ1n) is 6.67. The van der Waals surface area contributed by atoms with Crippen molar-refractivity contribution in [3.05, 3.63) is 29.8 Å². The van der Waals surface area contributed by atoms with Crippen LogP contribution in [0.5, 0.6) is 0 Å². The normalized spacial score (nSPS) is 18.6. The minimum absolute atomic E-state index is 0.430. The lowest BCUT2D eigenvalue weighted by Crippen LogP contribution is -2.51. The summed E-state index contributed by atoms with van der Waals surface area (Å²) in [5, 5.41) is 9.37. The first-order chi connectivity index (χ1) is 8.96. The van der Waals surface area contributed by atoms with E-state index in [9.17, 15) is 9.90 Å². The van der Waals surface area contributed by atoms with Crippen LogP contribution >= 0.6 is 11.8 Å². The number of likely N-dealkylation sites (N-methyl/N-ethyl adjacent to an activating group) is 1. The number of carboxylic acid groups (broad SMARTS) is 1. The number of rotatable bonds is 5. The van der Waals surface area contributed by atoms with Crippen LogP contribution in [0.4, 0.5) is 0 Å². The molecule has 1 aliphatic heterocycles. The Bertz CT molecular complexity index is 473. The van der Waals surface area contributed by atoms with Crippen LogP contribution in [0.25, 0.3) is 0 Å². The topological polar surface area (TPSA) is 40.5 Å². The molecule has 0 radical (unpaired) electrons. The van der Waals surface area contributed by atoms with Crippen LogP contribution in [0, 0.1) is 0 Å². The van der Waals surface area contributed by atoms with Crippen molar-refractivity contribution in [3.63, 3.8) is 0 Å². The Labute approximate surface area is 119 Å². The maximum Gasteiger partial charge on any atom is 0.323 e. The van der Waals surface area contributed by atoms with Gasteiger partial charge in [0.05, 0.1) is 0 Å². The zero-order valence-corrected chi connectivity index (χ0v) is 12.5. The number of nitrogens with zero attached hydrogens (tertiary/aromatic N) is 1. The molecule has 0 spiro atoms. The predicted octanol–water partition coefficient (Wildman–Crippen LogP) is 3.06. The summed E-state index contributed by atoms with van der Waals surface area (Å²) in [6, 6.07) is 8.45. The van der Waals surface area contributed by atoms with Gasteiger partial charge in [0.1, 0.15) is 5.54 Å². The summed E-state index contributed by atoms with van der Waals surface area (Å²) in [4.78, 5) is 14.8. The van der Waals surface area contributed by atoms with Crippen molar-refractivity contribution in [3.8, 4) is 0 Å². The molecule has 0 amide bonds. The van der Waals surface area contributed by atoms with Crippen molar-refractivity contribution >= 4 is 17.7 Å². The monoisotopic (exact) mass is 279 g/mol.